The molecule has 0 saturated heterocycles. The quantitative estimate of drug-likeness (QED) is 0.293. The molecule has 0 aliphatic rings. The number of sulfonamides is 1. The molecule has 11 heteroatoms. The Morgan fingerprint density at radius 2 is 1.70 bits per heavy atom. The monoisotopic (exact) mass is 524 g/mol. The Labute approximate surface area is 216 Å². The molecule has 3 aromatic carbocycles. The number of hydrogen-bond donors (Lipinski definition) is 2. The molecule has 2 amide bonds. The fourth-order valence-corrected chi connectivity index (χ4v) is 4.09. The van der Waals surface area contributed by atoms with Crippen LogP contribution >= 0.6 is 0 Å². The van der Waals surface area contributed by atoms with E-state index in [1.807, 2.05) is 25.1 Å². The van der Waals surface area contributed by atoms with Gasteiger partial charge in [-0.05, 0) is 66.6 Å². The molecule has 3 rings (SSSR count). The second-order valence-corrected chi connectivity index (χ2v) is 9.92. The highest BCUT2D eigenvalue weighted by molar-refractivity contribution is 7.92. The zero-order valence-corrected chi connectivity index (χ0v) is 21.5. The smallest absolute Gasteiger partial charge is 0.262 e. The molecule has 0 saturated carbocycles. The average molecular weight is 525 g/mol. The summed E-state index contributed by atoms with van der Waals surface area (Å²) in [6, 6.07) is 20.8. The second-order valence-electron chi connectivity index (χ2n) is 8.01. The molecule has 0 unspecified atom stereocenters. The number of anilines is 2. The molecule has 2 N–H and O–H groups in total. The molecule has 0 bridgehead atoms. The molecule has 0 heterocycles. The Morgan fingerprint density at radius 3 is 2.35 bits per heavy atom. The van der Waals surface area contributed by atoms with Crippen LogP contribution in [0.2, 0.25) is 0 Å². The van der Waals surface area contributed by atoms with Crippen LogP contribution in [0, 0.1) is 6.92 Å². The number of aryl methyl sites for hydroxylation is 1. The van der Waals surface area contributed by atoms with Crippen molar-refractivity contribution in [3.8, 4) is 11.5 Å². The van der Waals surface area contributed by atoms with E-state index < -0.39 is 22.5 Å². The van der Waals surface area contributed by atoms with Crippen molar-refractivity contribution in [1.29, 1.82) is 0 Å². The predicted molar refractivity (Wildman–Crippen MR) is 143 cm³/mol. The van der Waals surface area contributed by atoms with Gasteiger partial charge in [0.25, 0.3) is 11.8 Å². The van der Waals surface area contributed by atoms with Crippen molar-refractivity contribution in [3.63, 3.8) is 0 Å². The number of nitrogens with one attached hydrogen (secondary N) is 2. The summed E-state index contributed by atoms with van der Waals surface area (Å²) >= 11 is 0. The minimum Gasteiger partial charge on any atom is -0.495 e. The Bertz CT molecular complexity index is 1360. The van der Waals surface area contributed by atoms with Crippen LogP contribution in [0.25, 0.3) is 0 Å². The molecule has 0 fully saturated rings. The lowest BCUT2D eigenvalue weighted by Gasteiger charge is -2.23. The van der Waals surface area contributed by atoms with E-state index >= 15 is 0 Å². The Morgan fingerprint density at radius 1 is 1.00 bits per heavy atom. The lowest BCUT2D eigenvalue weighted by Crippen LogP contribution is -2.39. The molecule has 3 aromatic rings. The minimum atomic E-state index is -3.78. The van der Waals surface area contributed by atoms with Gasteiger partial charge in [0.1, 0.15) is 18.0 Å². The number of methoxy groups -OCH3 is 1. The maximum Gasteiger partial charge on any atom is 0.262 e. The van der Waals surface area contributed by atoms with Crippen molar-refractivity contribution in [2.75, 3.05) is 36.1 Å². The van der Waals surface area contributed by atoms with Crippen molar-refractivity contribution in [1.82, 2.24) is 5.43 Å². The summed E-state index contributed by atoms with van der Waals surface area (Å²) in [5, 5.41) is 6.63. The van der Waals surface area contributed by atoms with Crippen LogP contribution in [0.15, 0.2) is 77.9 Å². The highest BCUT2D eigenvalue weighted by Crippen LogP contribution is 2.30. The molecule has 0 aromatic heterocycles. The summed E-state index contributed by atoms with van der Waals surface area (Å²) in [6.45, 7) is 1.18. The first kappa shape index (κ1) is 27.2. The summed E-state index contributed by atoms with van der Waals surface area (Å²) < 4.78 is 36.5. The van der Waals surface area contributed by atoms with Crippen molar-refractivity contribution in [2.45, 2.75) is 6.92 Å². The molecular formula is C26H28N4O6S. The number of amides is 2. The van der Waals surface area contributed by atoms with Gasteiger partial charge in [0.2, 0.25) is 10.0 Å². The van der Waals surface area contributed by atoms with Gasteiger partial charge in [0, 0.05) is 5.69 Å². The molecule has 0 radical (unpaired) electrons. The SMILES string of the molecule is COc1ccc(C)cc1N(CC(=O)N/N=C\c1ccc(OCC(=O)Nc2ccccc2)cc1)S(C)(=O)=O. The molecule has 194 valence electrons. The molecular weight excluding hydrogens is 496 g/mol. The summed E-state index contributed by atoms with van der Waals surface area (Å²) in [6.07, 6.45) is 2.42. The van der Waals surface area contributed by atoms with Crippen molar-refractivity contribution in [2.24, 2.45) is 5.10 Å². The number of benzene rings is 3. The van der Waals surface area contributed by atoms with E-state index in [9.17, 15) is 18.0 Å². The summed E-state index contributed by atoms with van der Waals surface area (Å²) in [4.78, 5) is 24.4. The fraction of sp³-hybridized carbons (Fsp3) is 0.192. The Balaban J connectivity index is 1.54. The summed E-state index contributed by atoms with van der Waals surface area (Å²) in [5.74, 6) is -0.104. The first-order valence-corrected chi connectivity index (χ1v) is 13.0. The van der Waals surface area contributed by atoms with Crippen molar-refractivity contribution in [3.05, 3.63) is 83.9 Å². The van der Waals surface area contributed by atoms with Gasteiger partial charge in [-0.25, -0.2) is 13.8 Å². The highest BCUT2D eigenvalue weighted by Gasteiger charge is 2.24. The van der Waals surface area contributed by atoms with Crippen molar-refractivity contribution >= 4 is 39.4 Å². The highest BCUT2D eigenvalue weighted by atomic mass is 32.2. The van der Waals surface area contributed by atoms with E-state index in [0.29, 0.717) is 22.7 Å². The van der Waals surface area contributed by atoms with Gasteiger partial charge in [-0.1, -0.05) is 24.3 Å². The van der Waals surface area contributed by atoms with Crippen LogP contribution in [0.1, 0.15) is 11.1 Å². The van der Waals surface area contributed by atoms with E-state index in [-0.39, 0.29) is 18.2 Å². The van der Waals surface area contributed by atoms with E-state index in [0.717, 1.165) is 16.1 Å². The zero-order chi connectivity index (χ0) is 26.8. The normalized spacial score (nSPS) is 11.1. The second kappa shape index (κ2) is 12.5. The van der Waals surface area contributed by atoms with Gasteiger partial charge in [-0.2, -0.15) is 5.10 Å². The van der Waals surface area contributed by atoms with Gasteiger partial charge in [0.15, 0.2) is 6.61 Å². The number of para-hydroxylation sites is 1. The molecule has 10 nitrogen and oxygen atoms in total. The van der Waals surface area contributed by atoms with Crippen LogP contribution in [0.3, 0.4) is 0 Å². The minimum absolute atomic E-state index is 0.152. The topological polar surface area (TPSA) is 126 Å². The third-order valence-corrected chi connectivity index (χ3v) is 6.13. The first-order chi connectivity index (χ1) is 17.7. The molecule has 0 aliphatic heterocycles. The number of hydrogen-bond acceptors (Lipinski definition) is 7. The van der Waals surface area contributed by atoms with Crippen LogP contribution in [-0.2, 0) is 19.6 Å². The number of rotatable bonds is 11. The van der Waals surface area contributed by atoms with Gasteiger partial charge in [-0.15, -0.1) is 0 Å². The third kappa shape index (κ3) is 8.36. The Kier molecular flexibility index (Phi) is 9.22. The third-order valence-electron chi connectivity index (χ3n) is 5.00. The summed E-state index contributed by atoms with van der Waals surface area (Å²) in [5.41, 5.74) is 4.74. The maximum absolute atomic E-state index is 12.5. The van der Waals surface area contributed by atoms with Crippen LogP contribution < -0.4 is 24.5 Å². The fourth-order valence-electron chi connectivity index (χ4n) is 3.24. The number of nitrogens with zero attached hydrogens (tertiary/aromatic N) is 2. The van der Waals surface area contributed by atoms with Crippen LogP contribution in [0.4, 0.5) is 11.4 Å². The van der Waals surface area contributed by atoms with Gasteiger partial charge < -0.3 is 14.8 Å². The average Bonchev–Trinajstić information content (AvgIpc) is 2.87. The standard InChI is InChI=1S/C26H28N4O6S/c1-19-9-14-24(35-2)23(15-19)30(37(3,33)34)17-25(31)29-27-16-20-10-12-22(13-11-20)36-18-26(32)28-21-7-5-4-6-8-21/h4-16H,17-18H2,1-3H3,(H,28,32)(H,29,31)/b27-16-. The van der Waals surface area contributed by atoms with Gasteiger partial charge in [-0.3, -0.25) is 13.9 Å². The molecule has 0 aliphatic carbocycles. The molecule has 0 spiro atoms. The predicted octanol–water partition coefficient (Wildman–Crippen LogP) is 2.94. The largest absolute Gasteiger partial charge is 0.495 e. The number of carbonyl (C=O) groups is 2. The number of carbonyl (C=O) groups excluding carboxylic acids is 2. The zero-order valence-electron chi connectivity index (χ0n) is 20.7. The van der Waals surface area contributed by atoms with E-state index in [2.05, 4.69) is 15.8 Å². The lowest BCUT2D eigenvalue weighted by molar-refractivity contribution is -0.119. The summed E-state index contributed by atoms with van der Waals surface area (Å²) in [7, 11) is -2.35. The first-order valence-electron chi connectivity index (χ1n) is 11.2. The van der Waals surface area contributed by atoms with E-state index in [4.69, 9.17) is 9.47 Å². The van der Waals surface area contributed by atoms with Crippen molar-refractivity contribution < 1.29 is 27.5 Å². The van der Waals surface area contributed by atoms with Gasteiger partial charge >= 0.3 is 0 Å². The molecule has 0 atom stereocenters. The molecule has 37 heavy (non-hydrogen) atoms. The maximum atomic E-state index is 12.5. The lowest BCUT2D eigenvalue weighted by atomic mass is 10.2. The van der Waals surface area contributed by atoms with E-state index in [1.165, 1.54) is 13.3 Å². The number of hydrazone groups is 1. The van der Waals surface area contributed by atoms with E-state index in [1.54, 1.807) is 54.6 Å². The Hall–Kier alpha value is -4.38. The van der Waals surface area contributed by atoms with Gasteiger partial charge in [0.05, 0.1) is 25.3 Å². The van der Waals surface area contributed by atoms with Crippen LogP contribution in [0.5, 0.6) is 11.5 Å². The van der Waals surface area contributed by atoms with Crippen LogP contribution in [-0.4, -0.2) is 53.0 Å². The number of ether oxygens (including phenoxy) is 2.